The second kappa shape index (κ2) is 5.81. The highest BCUT2D eigenvalue weighted by atomic mass is 32.1. The van der Waals surface area contributed by atoms with Gasteiger partial charge in [0.15, 0.2) is 5.13 Å². The lowest BCUT2D eigenvalue weighted by Gasteiger charge is -2.10. The van der Waals surface area contributed by atoms with Crippen molar-refractivity contribution in [2.45, 2.75) is 13.8 Å². The zero-order chi connectivity index (χ0) is 12.1. The van der Waals surface area contributed by atoms with Crippen molar-refractivity contribution in [1.82, 2.24) is 10.3 Å². The molecule has 0 fully saturated rings. The summed E-state index contributed by atoms with van der Waals surface area (Å²) in [6.07, 6.45) is 0. The molecule has 0 radical (unpaired) electrons. The van der Waals surface area contributed by atoms with Crippen LogP contribution in [0.25, 0.3) is 0 Å². The Morgan fingerprint density at radius 2 is 2.38 bits per heavy atom. The highest BCUT2D eigenvalue weighted by molar-refractivity contribution is 7.17. The predicted octanol–water partition coefficient (Wildman–Crippen LogP) is 1.05. The van der Waals surface area contributed by atoms with Crippen molar-refractivity contribution in [3.8, 4) is 0 Å². The van der Waals surface area contributed by atoms with E-state index in [1.807, 2.05) is 6.92 Å². The molecule has 1 atom stereocenters. The Morgan fingerprint density at radius 3 is 2.88 bits per heavy atom. The van der Waals surface area contributed by atoms with Crippen LogP contribution in [0, 0.1) is 12.8 Å². The van der Waals surface area contributed by atoms with Crippen LogP contribution < -0.4 is 11.1 Å². The number of nitrogens with two attached hydrogens (primary N) is 1. The summed E-state index contributed by atoms with van der Waals surface area (Å²) in [6, 6.07) is 0. The topological polar surface area (TPSA) is 77.2 Å². The number of rotatable bonds is 5. The lowest BCUT2D eigenvalue weighted by molar-refractivity contribution is 0.0937. The Labute approximate surface area is 99.0 Å². The smallest absolute Gasteiger partial charge is 0.263 e. The highest BCUT2D eigenvalue weighted by Gasteiger charge is 2.14. The van der Waals surface area contributed by atoms with Gasteiger partial charge in [0, 0.05) is 13.7 Å². The fourth-order valence-electron chi connectivity index (χ4n) is 1.32. The van der Waals surface area contributed by atoms with Gasteiger partial charge in [0.2, 0.25) is 0 Å². The number of ether oxygens (including phenoxy) is 1. The molecule has 1 heterocycles. The second-order valence-corrected chi connectivity index (χ2v) is 4.77. The van der Waals surface area contributed by atoms with Crippen LogP contribution in [-0.4, -0.2) is 31.2 Å². The monoisotopic (exact) mass is 243 g/mol. The minimum Gasteiger partial charge on any atom is -0.384 e. The Morgan fingerprint density at radius 1 is 1.69 bits per heavy atom. The molecule has 0 aliphatic rings. The van der Waals surface area contributed by atoms with Gasteiger partial charge in [-0.2, -0.15) is 0 Å². The van der Waals surface area contributed by atoms with Gasteiger partial charge in [0.25, 0.3) is 5.91 Å². The number of aromatic nitrogens is 1. The molecule has 0 spiro atoms. The zero-order valence-corrected chi connectivity index (χ0v) is 10.6. The van der Waals surface area contributed by atoms with Gasteiger partial charge in [0.1, 0.15) is 4.88 Å². The fraction of sp³-hybridized carbons (Fsp3) is 0.600. The van der Waals surface area contributed by atoms with Gasteiger partial charge >= 0.3 is 0 Å². The molecule has 1 rings (SSSR count). The van der Waals surface area contributed by atoms with E-state index in [2.05, 4.69) is 10.3 Å². The van der Waals surface area contributed by atoms with Gasteiger partial charge in [-0.3, -0.25) is 4.79 Å². The third-order valence-electron chi connectivity index (χ3n) is 2.08. The quantitative estimate of drug-likeness (QED) is 0.810. The molecule has 0 aromatic carbocycles. The predicted molar refractivity (Wildman–Crippen MR) is 64.6 cm³/mol. The Balaban J connectivity index is 2.50. The molecule has 1 aromatic heterocycles. The van der Waals surface area contributed by atoms with E-state index >= 15 is 0 Å². The van der Waals surface area contributed by atoms with E-state index in [0.29, 0.717) is 34.8 Å². The molecular formula is C10H17N3O2S. The maximum Gasteiger partial charge on any atom is 0.263 e. The van der Waals surface area contributed by atoms with Crippen LogP contribution in [0.2, 0.25) is 0 Å². The van der Waals surface area contributed by atoms with Crippen LogP contribution in [0.5, 0.6) is 0 Å². The number of anilines is 1. The Kier molecular flexibility index (Phi) is 4.70. The van der Waals surface area contributed by atoms with Crippen LogP contribution in [0.1, 0.15) is 22.3 Å². The minimum atomic E-state index is -0.116. The first-order chi connectivity index (χ1) is 7.54. The molecule has 0 aliphatic carbocycles. The van der Waals surface area contributed by atoms with E-state index in [-0.39, 0.29) is 5.91 Å². The maximum absolute atomic E-state index is 11.8. The SMILES string of the molecule is COCC(C)CNC(=O)c1sc(N)nc1C. The number of carbonyl (C=O) groups is 1. The van der Waals surface area contributed by atoms with E-state index in [0.717, 1.165) is 0 Å². The first-order valence-corrected chi connectivity index (χ1v) is 5.86. The van der Waals surface area contributed by atoms with Gasteiger partial charge in [-0.1, -0.05) is 18.3 Å². The third kappa shape index (κ3) is 3.46. The number of nitrogen functional groups attached to an aromatic ring is 1. The summed E-state index contributed by atoms with van der Waals surface area (Å²) in [5.74, 6) is 0.175. The van der Waals surface area contributed by atoms with Crippen molar-refractivity contribution >= 4 is 22.4 Å². The number of nitrogens with zero attached hydrogens (tertiary/aromatic N) is 1. The molecule has 1 amide bonds. The minimum absolute atomic E-state index is 0.116. The second-order valence-electron chi connectivity index (χ2n) is 3.74. The molecule has 1 aromatic rings. The van der Waals surface area contributed by atoms with Gasteiger partial charge in [0.05, 0.1) is 12.3 Å². The zero-order valence-electron chi connectivity index (χ0n) is 9.74. The van der Waals surface area contributed by atoms with Gasteiger partial charge < -0.3 is 15.8 Å². The third-order valence-corrected chi connectivity index (χ3v) is 3.07. The number of aryl methyl sites for hydroxylation is 1. The molecule has 1 unspecified atom stereocenters. The lowest BCUT2D eigenvalue weighted by Crippen LogP contribution is -2.29. The van der Waals surface area contributed by atoms with E-state index in [4.69, 9.17) is 10.5 Å². The van der Waals surface area contributed by atoms with Crippen LogP contribution >= 0.6 is 11.3 Å². The number of nitrogens with one attached hydrogen (secondary N) is 1. The number of amides is 1. The van der Waals surface area contributed by atoms with Crippen molar-refractivity contribution in [3.05, 3.63) is 10.6 Å². The van der Waals surface area contributed by atoms with Gasteiger partial charge in [-0.15, -0.1) is 0 Å². The summed E-state index contributed by atoms with van der Waals surface area (Å²) in [5.41, 5.74) is 6.21. The van der Waals surface area contributed by atoms with Gasteiger partial charge in [-0.25, -0.2) is 4.98 Å². The van der Waals surface area contributed by atoms with E-state index in [9.17, 15) is 4.79 Å². The summed E-state index contributed by atoms with van der Waals surface area (Å²) >= 11 is 1.21. The first kappa shape index (κ1) is 12.9. The molecule has 16 heavy (non-hydrogen) atoms. The molecule has 0 bridgehead atoms. The summed E-state index contributed by atoms with van der Waals surface area (Å²) in [4.78, 5) is 16.3. The molecule has 0 aliphatic heterocycles. The normalized spacial score (nSPS) is 12.4. The van der Waals surface area contributed by atoms with E-state index in [1.165, 1.54) is 11.3 Å². The van der Waals surface area contributed by atoms with Crippen LogP contribution in [0.3, 0.4) is 0 Å². The van der Waals surface area contributed by atoms with Crippen molar-refractivity contribution in [2.24, 2.45) is 5.92 Å². The number of thiazole rings is 1. The van der Waals surface area contributed by atoms with Crippen molar-refractivity contribution in [2.75, 3.05) is 26.0 Å². The molecule has 3 N–H and O–H groups in total. The lowest BCUT2D eigenvalue weighted by atomic mass is 10.2. The standard InChI is InChI=1S/C10H17N3O2S/c1-6(5-15-3)4-12-9(14)8-7(2)13-10(11)16-8/h6H,4-5H2,1-3H3,(H2,11,13)(H,12,14). The van der Waals surface area contributed by atoms with Crippen LogP contribution in [0.4, 0.5) is 5.13 Å². The maximum atomic E-state index is 11.8. The average molecular weight is 243 g/mol. The first-order valence-electron chi connectivity index (χ1n) is 5.04. The van der Waals surface area contributed by atoms with E-state index < -0.39 is 0 Å². The number of methoxy groups -OCH3 is 1. The molecule has 6 heteroatoms. The summed E-state index contributed by atoms with van der Waals surface area (Å²) in [6.45, 7) is 5.01. The molecular weight excluding hydrogens is 226 g/mol. The number of hydrogen-bond acceptors (Lipinski definition) is 5. The average Bonchev–Trinajstić information content (AvgIpc) is 2.55. The highest BCUT2D eigenvalue weighted by Crippen LogP contribution is 2.19. The largest absolute Gasteiger partial charge is 0.384 e. The van der Waals surface area contributed by atoms with Crippen LogP contribution in [0.15, 0.2) is 0 Å². The molecule has 5 nitrogen and oxygen atoms in total. The van der Waals surface area contributed by atoms with E-state index in [1.54, 1.807) is 14.0 Å². The number of hydrogen-bond donors (Lipinski definition) is 2. The van der Waals surface area contributed by atoms with Gasteiger partial charge in [-0.05, 0) is 12.8 Å². The summed E-state index contributed by atoms with van der Waals surface area (Å²) in [5, 5.41) is 3.26. The Hall–Kier alpha value is -1.14. The fourth-order valence-corrected chi connectivity index (χ4v) is 2.07. The van der Waals surface area contributed by atoms with Crippen molar-refractivity contribution in [1.29, 1.82) is 0 Å². The summed E-state index contributed by atoms with van der Waals surface area (Å²) < 4.78 is 4.99. The summed E-state index contributed by atoms with van der Waals surface area (Å²) in [7, 11) is 1.65. The Bertz CT molecular complexity index is 365. The van der Waals surface area contributed by atoms with Crippen molar-refractivity contribution in [3.63, 3.8) is 0 Å². The molecule has 0 saturated heterocycles. The van der Waals surface area contributed by atoms with Crippen LogP contribution in [-0.2, 0) is 4.74 Å². The molecule has 90 valence electrons. The molecule has 0 saturated carbocycles. The van der Waals surface area contributed by atoms with Crippen molar-refractivity contribution < 1.29 is 9.53 Å². The number of carbonyl (C=O) groups excluding carboxylic acids is 1.